The Labute approximate surface area is 155 Å². The molecule has 24 heavy (non-hydrogen) atoms. The molecule has 2 aromatic carbocycles. The van der Waals surface area contributed by atoms with Crippen LogP contribution in [0.5, 0.6) is 0 Å². The number of amides is 2. The van der Waals surface area contributed by atoms with Crippen LogP contribution in [0.4, 0.5) is 0 Å². The molecule has 0 aliphatic heterocycles. The monoisotopic (exact) mass is 450 g/mol. The summed E-state index contributed by atoms with van der Waals surface area (Å²) in [5.41, 5.74) is 5.65. The zero-order valence-corrected chi connectivity index (χ0v) is 15.4. The van der Waals surface area contributed by atoms with Crippen molar-refractivity contribution in [3.05, 3.63) is 68.6 Å². The molecular formula is C16H12Br2N4O2. The fourth-order valence-electron chi connectivity index (χ4n) is 1.65. The molecule has 2 amide bonds. The van der Waals surface area contributed by atoms with Crippen molar-refractivity contribution in [2.75, 3.05) is 0 Å². The highest BCUT2D eigenvalue weighted by Crippen LogP contribution is 2.12. The van der Waals surface area contributed by atoms with Crippen LogP contribution in [0.15, 0.2) is 67.7 Å². The Morgan fingerprint density at radius 3 is 1.58 bits per heavy atom. The van der Waals surface area contributed by atoms with Crippen molar-refractivity contribution >= 4 is 56.1 Å². The van der Waals surface area contributed by atoms with Crippen molar-refractivity contribution in [3.63, 3.8) is 0 Å². The second-order valence-electron chi connectivity index (χ2n) is 4.46. The Morgan fingerprint density at radius 2 is 1.21 bits per heavy atom. The minimum Gasteiger partial charge on any atom is -0.267 e. The van der Waals surface area contributed by atoms with Crippen LogP contribution in [0, 0.1) is 0 Å². The second kappa shape index (κ2) is 9.09. The van der Waals surface area contributed by atoms with Gasteiger partial charge in [0.1, 0.15) is 0 Å². The predicted octanol–water partition coefficient (Wildman–Crippen LogP) is 3.34. The van der Waals surface area contributed by atoms with Crippen LogP contribution < -0.4 is 10.9 Å². The Kier molecular flexibility index (Phi) is 6.83. The number of carbonyl (C=O) groups excluding carboxylic acids is 2. The third-order valence-electron chi connectivity index (χ3n) is 2.72. The highest BCUT2D eigenvalue weighted by atomic mass is 79.9. The number of hydrogen-bond donors (Lipinski definition) is 2. The molecule has 0 aliphatic carbocycles. The van der Waals surface area contributed by atoms with Crippen LogP contribution in [0.1, 0.15) is 20.7 Å². The van der Waals surface area contributed by atoms with Gasteiger partial charge in [-0.3, -0.25) is 9.59 Å². The molecule has 122 valence electrons. The summed E-state index contributed by atoms with van der Waals surface area (Å²) in [7, 11) is 0. The maximum absolute atomic E-state index is 11.8. The van der Waals surface area contributed by atoms with E-state index in [-0.39, 0.29) is 11.8 Å². The lowest BCUT2D eigenvalue weighted by Crippen LogP contribution is -2.19. The predicted molar refractivity (Wildman–Crippen MR) is 100 cm³/mol. The maximum atomic E-state index is 11.8. The van der Waals surface area contributed by atoms with Crippen molar-refractivity contribution in [2.45, 2.75) is 0 Å². The first-order valence-corrected chi connectivity index (χ1v) is 8.31. The molecular weight excluding hydrogens is 440 g/mol. The molecule has 0 spiro atoms. The third kappa shape index (κ3) is 5.71. The normalized spacial score (nSPS) is 10.9. The average Bonchev–Trinajstić information content (AvgIpc) is 2.57. The lowest BCUT2D eigenvalue weighted by Gasteiger charge is -2.00. The molecule has 0 heterocycles. The highest BCUT2D eigenvalue weighted by molar-refractivity contribution is 9.10. The van der Waals surface area contributed by atoms with Crippen LogP contribution in [0.25, 0.3) is 0 Å². The number of nitrogens with zero attached hydrogens (tertiary/aromatic N) is 2. The van der Waals surface area contributed by atoms with Crippen LogP contribution in [-0.2, 0) is 0 Å². The van der Waals surface area contributed by atoms with Crippen molar-refractivity contribution < 1.29 is 9.59 Å². The van der Waals surface area contributed by atoms with Crippen molar-refractivity contribution in [3.8, 4) is 0 Å². The van der Waals surface area contributed by atoms with Gasteiger partial charge in [-0.25, -0.2) is 10.9 Å². The lowest BCUT2D eigenvalue weighted by atomic mass is 10.2. The molecule has 0 atom stereocenters. The number of hydrogen-bond acceptors (Lipinski definition) is 4. The van der Waals surface area contributed by atoms with Gasteiger partial charge in [-0.2, -0.15) is 10.2 Å². The molecule has 6 nitrogen and oxygen atoms in total. The van der Waals surface area contributed by atoms with Gasteiger partial charge in [0.15, 0.2) is 0 Å². The zero-order chi connectivity index (χ0) is 17.4. The first-order valence-electron chi connectivity index (χ1n) is 6.73. The summed E-state index contributed by atoms with van der Waals surface area (Å²) in [6.07, 6.45) is 2.52. The van der Waals surface area contributed by atoms with Crippen LogP contribution in [0.2, 0.25) is 0 Å². The third-order valence-corrected chi connectivity index (χ3v) is 3.71. The first-order chi connectivity index (χ1) is 11.6. The van der Waals surface area contributed by atoms with Gasteiger partial charge in [-0.05, 0) is 36.4 Å². The van der Waals surface area contributed by atoms with Crippen molar-refractivity contribution in [1.29, 1.82) is 0 Å². The second-order valence-corrected chi connectivity index (χ2v) is 6.29. The van der Waals surface area contributed by atoms with E-state index in [4.69, 9.17) is 0 Å². The van der Waals surface area contributed by atoms with E-state index in [1.807, 2.05) is 12.1 Å². The van der Waals surface area contributed by atoms with E-state index >= 15 is 0 Å². The summed E-state index contributed by atoms with van der Waals surface area (Å²) in [5.74, 6) is -0.696. The number of benzene rings is 2. The van der Waals surface area contributed by atoms with E-state index in [9.17, 15) is 9.59 Å². The standard InChI is InChI=1S/C16H12Br2N4O2/c17-13-5-1-3-11(9-13)15(23)21-19-7-8-20-22-16(24)12-4-2-6-14(18)10-12/h1-10H,(H,21,23)(H,22,24)/b19-7-,20-8+. The Bertz CT molecular complexity index is 739. The quantitative estimate of drug-likeness (QED) is 0.539. The van der Waals surface area contributed by atoms with Gasteiger partial charge >= 0.3 is 0 Å². The summed E-state index contributed by atoms with van der Waals surface area (Å²) in [6, 6.07) is 13.8. The number of carbonyl (C=O) groups is 2. The molecule has 0 saturated heterocycles. The van der Waals surface area contributed by atoms with Crippen LogP contribution >= 0.6 is 31.9 Å². The van der Waals surface area contributed by atoms with Gasteiger partial charge in [0.25, 0.3) is 11.8 Å². The van der Waals surface area contributed by atoms with Crippen LogP contribution in [-0.4, -0.2) is 24.2 Å². The number of halogens is 2. The van der Waals surface area contributed by atoms with E-state index < -0.39 is 0 Å². The minimum atomic E-state index is -0.348. The maximum Gasteiger partial charge on any atom is 0.271 e. The number of nitrogens with one attached hydrogen (secondary N) is 2. The Balaban J connectivity index is 1.80. The number of hydrazone groups is 2. The topological polar surface area (TPSA) is 82.9 Å². The zero-order valence-electron chi connectivity index (χ0n) is 12.2. The van der Waals surface area contributed by atoms with Crippen molar-refractivity contribution in [2.24, 2.45) is 10.2 Å². The average molecular weight is 452 g/mol. The van der Waals surface area contributed by atoms with Gasteiger partial charge in [0.2, 0.25) is 0 Å². The molecule has 0 radical (unpaired) electrons. The summed E-state index contributed by atoms with van der Waals surface area (Å²) in [4.78, 5) is 23.6. The number of rotatable bonds is 5. The molecule has 0 saturated carbocycles. The Hall–Kier alpha value is -2.32. The summed E-state index contributed by atoms with van der Waals surface area (Å²) < 4.78 is 1.60. The van der Waals surface area contributed by atoms with Gasteiger partial charge in [0, 0.05) is 20.1 Å². The van der Waals surface area contributed by atoms with E-state index in [2.05, 4.69) is 52.9 Å². The molecule has 8 heteroatoms. The van der Waals surface area contributed by atoms with Crippen molar-refractivity contribution in [1.82, 2.24) is 10.9 Å². The molecule has 0 unspecified atom stereocenters. The van der Waals surface area contributed by atoms with Gasteiger partial charge in [0.05, 0.1) is 12.4 Å². The highest BCUT2D eigenvalue weighted by Gasteiger charge is 2.04. The molecule has 0 aliphatic rings. The summed E-state index contributed by atoms with van der Waals surface area (Å²) >= 11 is 6.57. The summed E-state index contributed by atoms with van der Waals surface area (Å²) in [6.45, 7) is 0. The smallest absolute Gasteiger partial charge is 0.267 e. The fourth-order valence-corrected chi connectivity index (χ4v) is 2.45. The molecule has 0 aromatic heterocycles. The fraction of sp³-hybridized carbons (Fsp3) is 0. The summed E-state index contributed by atoms with van der Waals surface area (Å²) in [5, 5.41) is 7.43. The molecule has 0 bridgehead atoms. The lowest BCUT2D eigenvalue weighted by molar-refractivity contribution is 0.0946. The van der Waals surface area contributed by atoms with Gasteiger partial charge in [-0.1, -0.05) is 44.0 Å². The first kappa shape index (κ1) is 18.0. The van der Waals surface area contributed by atoms with E-state index in [1.54, 1.807) is 36.4 Å². The van der Waals surface area contributed by atoms with Gasteiger partial charge in [-0.15, -0.1) is 0 Å². The van der Waals surface area contributed by atoms with E-state index in [0.717, 1.165) is 8.95 Å². The largest absolute Gasteiger partial charge is 0.271 e. The molecule has 0 fully saturated rings. The molecule has 2 N–H and O–H groups in total. The Morgan fingerprint density at radius 1 is 0.792 bits per heavy atom. The van der Waals surface area contributed by atoms with Crippen LogP contribution in [0.3, 0.4) is 0 Å². The van der Waals surface area contributed by atoms with Gasteiger partial charge < -0.3 is 0 Å². The molecule has 2 rings (SSSR count). The van der Waals surface area contributed by atoms with E-state index in [0.29, 0.717) is 11.1 Å². The van der Waals surface area contributed by atoms with E-state index in [1.165, 1.54) is 12.4 Å². The SMILES string of the molecule is O=C(N/N=C\C=N\NC(=O)c1cccc(Br)c1)c1cccc(Br)c1. The molecule has 2 aromatic rings. The minimum absolute atomic E-state index is 0.348.